The van der Waals surface area contributed by atoms with Crippen LogP contribution in [0.25, 0.3) is 0 Å². The summed E-state index contributed by atoms with van der Waals surface area (Å²) in [5, 5.41) is 0. The number of furan rings is 1. The van der Waals surface area contributed by atoms with Crippen LogP contribution < -0.4 is 0 Å². The maximum atomic E-state index is 5.83. The second-order valence-electron chi connectivity index (χ2n) is 2.52. The second-order valence-corrected chi connectivity index (χ2v) is 5.18. The third kappa shape index (κ3) is 1.98. The van der Waals surface area contributed by atoms with Crippen LogP contribution >= 0.6 is 38.9 Å². The van der Waals surface area contributed by atoms with Gasteiger partial charge in [-0.3, -0.25) is 0 Å². The van der Waals surface area contributed by atoms with Gasteiger partial charge in [-0.25, -0.2) is 0 Å². The Balaban J connectivity index is 2.28. The minimum absolute atomic E-state index is 0.111. The van der Waals surface area contributed by atoms with Crippen LogP contribution in [-0.2, 0) is 0 Å². The first-order valence-corrected chi connectivity index (χ1v) is 5.81. The van der Waals surface area contributed by atoms with E-state index in [4.69, 9.17) is 16.0 Å². The monoisotopic (exact) mass is 276 g/mol. The van der Waals surface area contributed by atoms with Gasteiger partial charge in [0.2, 0.25) is 0 Å². The number of alkyl halides is 1. The van der Waals surface area contributed by atoms with E-state index in [2.05, 4.69) is 15.9 Å². The fourth-order valence-electron chi connectivity index (χ4n) is 1.04. The number of hydrogen-bond donors (Lipinski definition) is 0. The number of hydrogen-bond acceptors (Lipinski definition) is 2. The molecular weight excluding hydrogens is 272 g/mol. The first-order chi connectivity index (χ1) is 6.27. The summed E-state index contributed by atoms with van der Waals surface area (Å²) in [6.07, 6.45) is 1.67. The SMILES string of the molecule is Clc1ccc(C(Br)c2ccco2)s1. The summed E-state index contributed by atoms with van der Waals surface area (Å²) < 4.78 is 6.07. The smallest absolute Gasteiger partial charge is 0.122 e. The van der Waals surface area contributed by atoms with Gasteiger partial charge in [-0.05, 0) is 24.3 Å². The van der Waals surface area contributed by atoms with E-state index in [0.717, 1.165) is 15.0 Å². The highest BCUT2D eigenvalue weighted by atomic mass is 79.9. The van der Waals surface area contributed by atoms with Gasteiger partial charge < -0.3 is 4.42 Å². The lowest BCUT2D eigenvalue weighted by Crippen LogP contribution is -1.84. The van der Waals surface area contributed by atoms with Crippen molar-refractivity contribution in [2.24, 2.45) is 0 Å². The van der Waals surface area contributed by atoms with Crippen molar-refractivity contribution >= 4 is 38.9 Å². The molecule has 0 saturated heterocycles. The summed E-state index contributed by atoms with van der Waals surface area (Å²) >= 11 is 10.9. The third-order valence-corrected chi connectivity index (χ3v) is 4.18. The summed E-state index contributed by atoms with van der Waals surface area (Å²) in [4.78, 5) is 1.26. The third-order valence-electron chi connectivity index (χ3n) is 1.64. The van der Waals surface area contributed by atoms with E-state index < -0.39 is 0 Å². The molecule has 0 radical (unpaired) electrons. The van der Waals surface area contributed by atoms with Crippen LogP contribution in [0, 0.1) is 0 Å². The summed E-state index contributed by atoms with van der Waals surface area (Å²) in [5.74, 6) is 0.901. The fourth-order valence-corrected chi connectivity index (χ4v) is 2.78. The molecule has 0 spiro atoms. The number of thiophene rings is 1. The van der Waals surface area contributed by atoms with Crippen molar-refractivity contribution in [3.63, 3.8) is 0 Å². The van der Waals surface area contributed by atoms with Gasteiger partial charge >= 0.3 is 0 Å². The molecule has 0 aliphatic carbocycles. The highest BCUT2D eigenvalue weighted by Crippen LogP contribution is 2.36. The molecule has 2 aromatic heterocycles. The average molecular weight is 278 g/mol. The van der Waals surface area contributed by atoms with Crippen molar-refractivity contribution in [3.05, 3.63) is 45.5 Å². The maximum Gasteiger partial charge on any atom is 0.122 e. The van der Waals surface area contributed by atoms with Crippen molar-refractivity contribution < 1.29 is 4.42 Å². The summed E-state index contributed by atoms with van der Waals surface area (Å²) in [5.41, 5.74) is 0. The first-order valence-electron chi connectivity index (χ1n) is 3.70. The molecule has 0 N–H and O–H groups in total. The molecule has 1 unspecified atom stereocenters. The van der Waals surface area contributed by atoms with Gasteiger partial charge in [-0.15, -0.1) is 11.3 Å². The number of halogens is 2. The highest BCUT2D eigenvalue weighted by Gasteiger charge is 2.14. The van der Waals surface area contributed by atoms with E-state index in [1.54, 1.807) is 17.6 Å². The predicted molar refractivity (Wildman–Crippen MR) is 58.8 cm³/mol. The molecule has 0 fully saturated rings. The van der Waals surface area contributed by atoms with E-state index in [1.807, 2.05) is 24.3 Å². The van der Waals surface area contributed by atoms with Crippen LogP contribution in [0.2, 0.25) is 4.34 Å². The Morgan fingerprint density at radius 1 is 1.38 bits per heavy atom. The van der Waals surface area contributed by atoms with Crippen molar-refractivity contribution in [1.82, 2.24) is 0 Å². The summed E-state index contributed by atoms with van der Waals surface area (Å²) in [7, 11) is 0. The van der Waals surface area contributed by atoms with Gasteiger partial charge in [0.15, 0.2) is 0 Å². The first kappa shape index (κ1) is 9.31. The Morgan fingerprint density at radius 3 is 2.77 bits per heavy atom. The molecule has 13 heavy (non-hydrogen) atoms. The molecule has 4 heteroatoms. The van der Waals surface area contributed by atoms with E-state index in [-0.39, 0.29) is 4.83 Å². The quantitative estimate of drug-likeness (QED) is 0.738. The van der Waals surface area contributed by atoms with Crippen molar-refractivity contribution in [3.8, 4) is 0 Å². The van der Waals surface area contributed by atoms with Gasteiger partial charge in [-0.2, -0.15) is 0 Å². The Bertz CT molecular complexity index is 382. The molecule has 2 heterocycles. The number of rotatable bonds is 2. The maximum absolute atomic E-state index is 5.83. The molecular formula is C9H6BrClOS. The van der Waals surface area contributed by atoms with Crippen molar-refractivity contribution in [2.75, 3.05) is 0 Å². The lowest BCUT2D eigenvalue weighted by atomic mass is 10.3. The van der Waals surface area contributed by atoms with Crippen LogP contribution in [-0.4, -0.2) is 0 Å². The molecule has 2 aromatic rings. The van der Waals surface area contributed by atoms with E-state index in [1.165, 1.54) is 0 Å². The zero-order valence-corrected chi connectivity index (χ0v) is 9.69. The zero-order valence-electron chi connectivity index (χ0n) is 6.54. The van der Waals surface area contributed by atoms with E-state index >= 15 is 0 Å². The normalized spacial score (nSPS) is 13.1. The predicted octanol–water partition coefficient (Wildman–Crippen LogP) is 4.48. The van der Waals surface area contributed by atoms with Crippen LogP contribution in [0.4, 0.5) is 0 Å². The zero-order chi connectivity index (χ0) is 9.26. The highest BCUT2D eigenvalue weighted by molar-refractivity contribution is 9.09. The molecule has 0 bridgehead atoms. The van der Waals surface area contributed by atoms with Crippen LogP contribution in [0.3, 0.4) is 0 Å². The Morgan fingerprint density at radius 2 is 2.23 bits per heavy atom. The van der Waals surface area contributed by atoms with E-state index in [0.29, 0.717) is 0 Å². The van der Waals surface area contributed by atoms with Gasteiger partial charge in [-0.1, -0.05) is 27.5 Å². The van der Waals surface area contributed by atoms with E-state index in [9.17, 15) is 0 Å². The minimum Gasteiger partial charge on any atom is -0.468 e. The molecule has 0 amide bonds. The second kappa shape index (κ2) is 3.86. The standard InChI is InChI=1S/C9H6BrClOS/c10-9(6-2-1-5-12-6)7-3-4-8(11)13-7/h1-5,9H. The molecule has 0 aliphatic rings. The lowest BCUT2D eigenvalue weighted by molar-refractivity contribution is 0.521. The van der Waals surface area contributed by atoms with Crippen molar-refractivity contribution in [1.29, 1.82) is 0 Å². The average Bonchev–Trinajstić information content (AvgIpc) is 2.72. The topological polar surface area (TPSA) is 13.1 Å². The molecule has 1 nitrogen and oxygen atoms in total. The van der Waals surface area contributed by atoms with Crippen LogP contribution in [0.5, 0.6) is 0 Å². The summed E-state index contributed by atoms with van der Waals surface area (Å²) in [6.45, 7) is 0. The minimum atomic E-state index is 0.111. The summed E-state index contributed by atoms with van der Waals surface area (Å²) in [6, 6.07) is 7.69. The fraction of sp³-hybridized carbons (Fsp3) is 0.111. The molecule has 68 valence electrons. The lowest BCUT2D eigenvalue weighted by Gasteiger charge is -2.01. The Hall–Kier alpha value is -0.250. The molecule has 0 aromatic carbocycles. The molecule has 0 aliphatic heterocycles. The van der Waals surface area contributed by atoms with Crippen LogP contribution in [0.15, 0.2) is 34.9 Å². The van der Waals surface area contributed by atoms with Crippen molar-refractivity contribution in [2.45, 2.75) is 4.83 Å². The largest absolute Gasteiger partial charge is 0.468 e. The van der Waals surface area contributed by atoms with Gasteiger partial charge in [0.05, 0.1) is 10.6 Å². The van der Waals surface area contributed by atoms with Gasteiger partial charge in [0, 0.05) is 4.88 Å². The Kier molecular flexibility index (Phi) is 2.77. The van der Waals surface area contributed by atoms with Gasteiger partial charge in [0.25, 0.3) is 0 Å². The van der Waals surface area contributed by atoms with Crippen LogP contribution in [0.1, 0.15) is 15.5 Å². The molecule has 1 atom stereocenters. The molecule has 0 saturated carbocycles. The van der Waals surface area contributed by atoms with Gasteiger partial charge in [0.1, 0.15) is 10.6 Å². The molecule has 2 rings (SSSR count). The Labute approximate surface area is 93.5 Å².